The Bertz CT molecular complexity index is 1200. The number of hydrogen-bond donors (Lipinski definition) is 0. The second-order valence-electron chi connectivity index (χ2n) is 9.85. The Balaban J connectivity index is 1.56. The standard InChI is InChI=1S/C28H31FN2O3S/c1-19-8-10-20(11-9-19)27(33)31(28(2,3)4)17-26(32)30-14-12-25-23(13-15-35-25)24(30)18-34-22-7-5-6-21(29)16-22/h5-11,13,15-16,24H,12,14,17-18H2,1-4H3. The molecular weight excluding hydrogens is 463 g/mol. The first kappa shape index (κ1) is 24.9. The van der Waals surface area contributed by atoms with Gasteiger partial charge in [0.05, 0.1) is 6.04 Å². The quantitative estimate of drug-likeness (QED) is 0.446. The maximum atomic E-state index is 13.7. The summed E-state index contributed by atoms with van der Waals surface area (Å²) in [7, 11) is 0. The lowest BCUT2D eigenvalue weighted by Gasteiger charge is -2.40. The van der Waals surface area contributed by atoms with Crippen molar-refractivity contribution in [2.45, 2.75) is 45.7 Å². The Morgan fingerprint density at radius 2 is 1.89 bits per heavy atom. The Kier molecular flexibility index (Phi) is 7.26. The van der Waals surface area contributed by atoms with Crippen molar-refractivity contribution >= 4 is 23.2 Å². The van der Waals surface area contributed by atoms with Crippen molar-refractivity contribution < 1.29 is 18.7 Å². The van der Waals surface area contributed by atoms with Gasteiger partial charge in [0.15, 0.2) is 0 Å². The summed E-state index contributed by atoms with van der Waals surface area (Å²) in [4.78, 5) is 31.7. The first-order valence-corrected chi connectivity index (χ1v) is 12.6. The number of hydrogen-bond acceptors (Lipinski definition) is 4. The van der Waals surface area contributed by atoms with E-state index >= 15 is 0 Å². The molecule has 1 aliphatic heterocycles. The number of fused-ring (bicyclic) bond motifs is 1. The zero-order chi connectivity index (χ0) is 25.2. The molecule has 5 nitrogen and oxygen atoms in total. The van der Waals surface area contributed by atoms with E-state index in [1.165, 1.54) is 17.0 Å². The van der Waals surface area contributed by atoms with Gasteiger partial charge < -0.3 is 14.5 Å². The van der Waals surface area contributed by atoms with Crippen LogP contribution in [0.5, 0.6) is 5.75 Å². The van der Waals surface area contributed by atoms with Crippen LogP contribution in [0.15, 0.2) is 60.0 Å². The van der Waals surface area contributed by atoms with Crippen LogP contribution in [0.3, 0.4) is 0 Å². The highest BCUT2D eigenvalue weighted by atomic mass is 32.1. The predicted molar refractivity (Wildman–Crippen MR) is 136 cm³/mol. The predicted octanol–water partition coefficient (Wildman–Crippen LogP) is 5.64. The summed E-state index contributed by atoms with van der Waals surface area (Å²) >= 11 is 1.67. The lowest BCUT2D eigenvalue weighted by atomic mass is 9.99. The molecule has 7 heteroatoms. The Labute approximate surface area is 210 Å². The zero-order valence-corrected chi connectivity index (χ0v) is 21.4. The fourth-order valence-electron chi connectivity index (χ4n) is 4.30. The SMILES string of the molecule is Cc1ccc(C(=O)N(CC(=O)N2CCc3sccc3C2COc2cccc(F)c2)C(C)(C)C)cc1. The molecule has 184 valence electrons. The third-order valence-electron chi connectivity index (χ3n) is 6.27. The minimum atomic E-state index is -0.547. The van der Waals surface area contributed by atoms with Crippen LogP contribution in [0.2, 0.25) is 0 Å². The Morgan fingerprint density at radius 3 is 2.57 bits per heavy atom. The lowest BCUT2D eigenvalue weighted by molar-refractivity contribution is -0.136. The van der Waals surface area contributed by atoms with Gasteiger partial charge in [-0.15, -0.1) is 11.3 Å². The molecule has 0 bridgehead atoms. The van der Waals surface area contributed by atoms with E-state index in [4.69, 9.17) is 4.74 Å². The Hall–Kier alpha value is -3.19. The van der Waals surface area contributed by atoms with Crippen molar-refractivity contribution in [3.63, 3.8) is 0 Å². The molecule has 0 saturated heterocycles. The molecule has 4 rings (SSSR count). The third-order valence-corrected chi connectivity index (χ3v) is 7.26. The van der Waals surface area contributed by atoms with Crippen LogP contribution in [0.1, 0.15) is 53.2 Å². The number of carbonyl (C=O) groups is 2. The van der Waals surface area contributed by atoms with Crippen LogP contribution in [-0.2, 0) is 11.2 Å². The van der Waals surface area contributed by atoms with Gasteiger partial charge in [-0.25, -0.2) is 4.39 Å². The first-order chi connectivity index (χ1) is 16.6. The van der Waals surface area contributed by atoms with Gasteiger partial charge in [-0.05, 0) is 75.4 Å². The van der Waals surface area contributed by atoms with Gasteiger partial charge in [-0.2, -0.15) is 0 Å². The van der Waals surface area contributed by atoms with Crippen molar-refractivity contribution in [2.75, 3.05) is 19.7 Å². The van der Waals surface area contributed by atoms with Crippen molar-refractivity contribution in [2.24, 2.45) is 0 Å². The van der Waals surface area contributed by atoms with Gasteiger partial charge in [-0.3, -0.25) is 9.59 Å². The van der Waals surface area contributed by atoms with Crippen LogP contribution in [0.25, 0.3) is 0 Å². The van der Waals surface area contributed by atoms with Gasteiger partial charge in [-0.1, -0.05) is 23.8 Å². The molecule has 0 fully saturated rings. The minimum Gasteiger partial charge on any atom is -0.491 e. The molecule has 2 aromatic carbocycles. The number of nitrogens with zero attached hydrogens (tertiary/aromatic N) is 2. The molecule has 0 saturated carbocycles. The van der Waals surface area contributed by atoms with Crippen LogP contribution in [0, 0.1) is 12.7 Å². The summed E-state index contributed by atoms with van der Waals surface area (Å²) in [6.45, 7) is 8.49. The highest BCUT2D eigenvalue weighted by Gasteiger charge is 2.36. The topological polar surface area (TPSA) is 49.9 Å². The van der Waals surface area contributed by atoms with E-state index in [1.54, 1.807) is 45.4 Å². The second kappa shape index (κ2) is 10.2. The molecule has 0 aliphatic carbocycles. The van der Waals surface area contributed by atoms with Crippen LogP contribution in [0.4, 0.5) is 4.39 Å². The van der Waals surface area contributed by atoms with Gasteiger partial charge in [0.25, 0.3) is 5.91 Å². The van der Waals surface area contributed by atoms with Gasteiger partial charge in [0.2, 0.25) is 5.91 Å². The van der Waals surface area contributed by atoms with Crippen molar-refractivity contribution in [1.82, 2.24) is 9.80 Å². The number of benzene rings is 2. The Morgan fingerprint density at radius 1 is 1.14 bits per heavy atom. The summed E-state index contributed by atoms with van der Waals surface area (Å²) in [6.07, 6.45) is 0.761. The van der Waals surface area contributed by atoms with E-state index in [-0.39, 0.29) is 36.8 Å². The van der Waals surface area contributed by atoms with E-state index in [9.17, 15) is 14.0 Å². The maximum absolute atomic E-state index is 13.7. The molecule has 1 unspecified atom stereocenters. The number of amides is 2. The number of carbonyl (C=O) groups excluding carboxylic acids is 2. The van der Waals surface area contributed by atoms with Crippen LogP contribution >= 0.6 is 11.3 Å². The average molecular weight is 495 g/mol. The minimum absolute atomic E-state index is 0.0356. The molecule has 0 N–H and O–H groups in total. The maximum Gasteiger partial charge on any atom is 0.254 e. The molecule has 0 radical (unpaired) electrons. The monoisotopic (exact) mass is 494 g/mol. The highest BCUT2D eigenvalue weighted by Crippen LogP contribution is 2.34. The van der Waals surface area contributed by atoms with Crippen LogP contribution in [-0.4, -0.2) is 46.8 Å². The molecule has 1 aliphatic rings. The molecule has 1 atom stereocenters. The summed E-state index contributed by atoms with van der Waals surface area (Å²) in [6, 6.07) is 15.1. The van der Waals surface area contributed by atoms with Gasteiger partial charge in [0.1, 0.15) is 24.7 Å². The van der Waals surface area contributed by atoms with Crippen LogP contribution < -0.4 is 4.74 Å². The zero-order valence-electron chi connectivity index (χ0n) is 20.6. The molecule has 35 heavy (non-hydrogen) atoms. The fraction of sp³-hybridized carbons (Fsp3) is 0.357. The molecule has 2 amide bonds. The molecule has 3 aromatic rings. The van der Waals surface area contributed by atoms with E-state index in [0.29, 0.717) is 17.9 Å². The van der Waals surface area contributed by atoms with E-state index < -0.39 is 5.54 Å². The molecule has 1 aromatic heterocycles. The number of rotatable bonds is 6. The first-order valence-electron chi connectivity index (χ1n) is 11.8. The number of halogens is 1. The lowest BCUT2D eigenvalue weighted by Crippen LogP contribution is -2.53. The van der Waals surface area contributed by atoms with E-state index in [1.807, 2.05) is 51.3 Å². The second-order valence-corrected chi connectivity index (χ2v) is 10.8. The molecular formula is C28H31FN2O3S. The summed E-state index contributed by atoms with van der Waals surface area (Å²) in [5.41, 5.74) is 2.14. The largest absolute Gasteiger partial charge is 0.491 e. The summed E-state index contributed by atoms with van der Waals surface area (Å²) < 4.78 is 19.6. The fourth-order valence-corrected chi connectivity index (χ4v) is 5.23. The highest BCUT2D eigenvalue weighted by molar-refractivity contribution is 7.10. The van der Waals surface area contributed by atoms with E-state index in [0.717, 1.165) is 17.5 Å². The van der Waals surface area contributed by atoms with Gasteiger partial charge >= 0.3 is 0 Å². The van der Waals surface area contributed by atoms with E-state index in [2.05, 4.69) is 0 Å². The number of thiophene rings is 1. The summed E-state index contributed by atoms with van der Waals surface area (Å²) in [5.74, 6) is -0.256. The molecule has 2 heterocycles. The van der Waals surface area contributed by atoms with Crippen molar-refractivity contribution in [3.8, 4) is 5.75 Å². The smallest absolute Gasteiger partial charge is 0.254 e. The van der Waals surface area contributed by atoms with Gasteiger partial charge in [0, 0.05) is 28.6 Å². The number of aryl methyl sites for hydroxylation is 1. The normalized spacial score (nSPS) is 15.5. The third kappa shape index (κ3) is 5.73. The average Bonchev–Trinajstić information content (AvgIpc) is 3.29. The summed E-state index contributed by atoms with van der Waals surface area (Å²) in [5, 5.41) is 2.02. The van der Waals surface area contributed by atoms with Crippen molar-refractivity contribution in [1.29, 1.82) is 0 Å². The number of ether oxygens (including phenoxy) is 1. The molecule has 0 spiro atoms. The van der Waals surface area contributed by atoms with Crippen molar-refractivity contribution in [3.05, 3.63) is 87.4 Å².